The first-order valence-electron chi connectivity index (χ1n) is 8.52. The maximum atomic E-state index is 12.5. The third-order valence-corrected chi connectivity index (χ3v) is 4.43. The molecule has 2 aromatic rings. The Morgan fingerprint density at radius 2 is 1.29 bits per heavy atom. The molecule has 1 heterocycles. The topological polar surface area (TPSA) is 29.5 Å². The standard InChI is InChI=1S/C21H25NO2/c1-21(2,3)24-20(23)22-14-18(16-10-6-4-7-11-16)19(15-22)17-12-8-5-9-13-17/h4-13,18-19H,14-15H2,1-3H3/t18-,19+. The van der Waals surface area contributed by atoms with Crippen LogP contribution in [0.5, 0.6) is 0 Å². The minimum Gasteiger partial charge on any atom is -0.444 e. The van der Waals surface area contributed by atoms with Gasteiger partial charge >= 0.3 is 6.09 Å². The van der Waals surface area contributed by atoms with Crippen molar-refractivity contribution < 1.29 is 9.53 Å². The van der Waals surface area contributed by atoms with Crippen LogP contribution in [0.1, 0.15) is 43.7 Å². The summed E-state index contributed by atoms with van der Waals surface area (Å²) in [6.45, 7) is 7.11. The van der Waals surface area contributed by atoms with Crippen LogP contribution < -0.4 is 0 Å². The monoisotopic (exact) mass is 323 g/mol. The van der Waals surface area contributed by atoms with E-state index in [0.29, 0.717) is 24.9 Å². The van der Waals surface area contributed by atoms with Crippen LogP contribution in [0, 0.1) is 0 Å². The molecular weight excluding hydrogens is 298 g/mol. The molecule has 2 aromatic carbocycles. The second kappa shape index (κ2) is 6.68. The summed E-state index contributed by atoms with van der Waals surface area (Å²) >= 11 is 0. The first-order chi connectivity index (χ1) is 11.4. The zero-order chi connectivity index (χ0) is 17.2. The van der Waals surface area contributed by atoms with Gasteiger partial charge in [-0.1, -0.05) is 60.7 Å². The molecule has 0 N–H and O–H groups in total. The number of rotatable bonds is 2. The van der Waals surface area contributed by atoms with Gasteiger partial charge in [-0.05, 0) is 31.9 Å². The van der Waals surface area contributed by atoms with Gasteiger partial charge in [0, 0.05) is 24.9 Å². The van der Waals surface area contributed by atoms with E-state index in [2.05, 4.69) is 48.5 Å². The Morgan fingerprint density at radius 3 is 1.67 bits per heavy atom. The van der Waals surface area contributed by atoms with E-state index in [1.165, 1.54) is 11.1 Å². The summed E-state index contributed by atoms with van der Waals surface area (Å²) in [5.41, 5.74) is 2.08. The summed E-state index contributed by atoms with van der Waals surface area (Å²) in [4.78, 5) is 14.4. The molecule has 1 amide bonds. The number of carbonyl (C=O) groups excluding carboxylic acids is 1. The van der Waals surface area contributed by atoms with Crippen LogP contribution in [-0.2, 0) is 4.74 Å². The summed E-state index contributed by atoms with van der Waals surface area (Å²) in [6.07, 6.45) is -0.220. The third-order valence-electron chi connectivity index (χ3n) is 4.43. The summed E-state index contributed by atoms with van der Waals surface area (Å²) in [7, 11) is 0. The van der Waals surface area contributed by atoms with Gasteiger partial charge in [0.2, 0.25) is 0 Å². The summed E-state index contributed by atoms with van der Waals surface area (Å²) in [6, 6.07) is 20.9. The number of ether oxygens (including phenoxy) is 1. The van der Waals surface area contributed by atoms with Crippen LogP contribution in [0.3, 0.4) is 0 Å². The summed E-state index contributed by atoms with van der Waals surface area (Å²) < 4.78 is 5.58. The van der Waals surface area contributed by atoms with Gasteiger partial charge in [0.05, 0.1) is 0 Å². The van der Waals surface area contributed by atoms with Crippen LogP contribution >= 0.6 is 0 Å². The van der Waals surface area contributed by atoms with Crippen molar-refractivity contribution in [1.29, 1.82) is 0 Å². The quantitative estimate of drug-likeness (QED) is 0.794. The Morgan fingerprint density at radius 1 is 0.875 bits per heavy atom. The van der Waals surface area contributed by atoms with Gasteiger partial charge < -0.3 is 9.64 Å². The highest BCUT2D eigenvalue weighted by molar-refractivity contribution is 5.69. The van der Waals surface area contributed by atoms with E-state index in [-0.39, 0.29) is 6.09 Å². The molecule has 0 saturated carbocycles. The van der Waals surface area contributed by atoms with E-state index < -0.39 is 5.60 Å². The molecule has 1 fully saturated rings. The Kier molecular flexibility index (Phi) is 4.61. The first-order valence-corrected chi connectivity index (χ1v) is 8.52. The van der Waals surface area contributed by atoms with Crippen LogP contribution in [0.25, 0.3) is 0 Å². The zero-order valence-electron chi connectivity index (χ0n) is 14.6. The predicted octanol–water partition coefficient (Wildman–Crippen LogP) is 4.80. The fraction of sp³-hybridized carbons (Fsp3) is 0.381. The van der Waals surface area contributed by atoms with Gasteiger partial charge in [0.1, 0.15) is 5.60 Å². The second-order valence-electron chi connectivity index (χ2n) is 7.42. The fourth-order valence-corrected chi connectivity index (χ4v) is 3.36. The number of benzene rings is 2. The number of nitrogens with zero attached hydrogens (tertiary/aromatic N) is 1. The number of likely N-dealkylation sites (tertiary alicyclic amines) is 1. The Balaban J connectivity index is 1.86. The molecular formula is C21H25NO2. The Bertz CT molecular complexity index is 628. The molecule has 1 aliphatic heterocycles. The molecule has 3 rings (SSSR count). The lowest BCUT2D eigenvalue weighted by Gasteiger charge is -2.24. The molecule has 0 aliphatic carbocycles. The van der Waals surface area contributed by atoms with E-state index in [1.54, 1.807) is 0 Å². The lowest BCUT2D eigenvalue weighted by molar-refractivity contribution is 0.0290. The van der Waals surface area contributed by atoms with E-state index in [0.717, 1.165) is 0 Å². The number of amides is 1. The normalized spacial score (nSPS) is 20.9. The maximum absolute atomic E-state index is 12.5. The highest BCUT2D eigenvalue weighted by Gasteiger charge is 2.38. The van der Waals surface area contributed by atoms with Crippen LogP contribution in [0.4, 0.5) is 4.79 Å². The van der Waals surface area contributed by atoms with Crippen molar-refractivity contribution in [3.8, 4) is 0 Å². The molecule has 0 radical (unpaired) electrons. The second-order valence-corrected chi connectivity index (χ2v) is 7.42. The molecule has 3 heteroatoms. The zero-order valence-corrected chi connectivity index (χ0v) is 14.6. The molecule has 0 unspecified atom stereocenters. The molecule has 0 aromatic heterocycles. The summed E-state index contributed by atoms with van der Waals surface area (Å²) in [5, 5.41) is 0. The maximum Gasteiger partial charge on any atom is 0.410 e. The minimum atomic E-state index is -0.468. The molecule has 0 bridgehead atoms. The smallest absolute Gasteiger partial charge is 0.410 e. The van der Waals surface area contributed by atoms with E-state index >= 15 is 0 Å². The van der Waals surface area contributed by atoms with Crippen molar-refractivity contribution in [3.63, 3.8) is 0 Å². The highest BCUT2D eigenvalue weighted by atomic mass is 16.6. The molecule has 126 valence electrons. The van der Waals surface area contributed by atoms with Gasteiger partial charge in [0.25, 0.3) is 0 Å². The number of carbonyl (C=O) groups is 1. The van der Waals surface area contributed by atoms with Gasteiger partial charge in [-0.3, -0.25) is 0 Å². The molecule has 3 nitrogen and oxygen atoms in total. The SMILES string of the molecule is CC(C)(C)OC(=O)N1C[C@H](c2ccccc2)[C@H](c2ccccc2)C1. The average molecular weight is 323 g/mol. The van der Waals surface area contributed by atoms with Crippen molar-refractivity contribution in [1.82, 2.24) is 4.90 Å². The third kappa shape index (κ3) is 3.78. The molecule has 1 saturated heterocycles. The van der Waals surface area contributed by atoms with E-state index in [1.807, 2.05) is 37.8 Å². The van der Waals surface area contributed by atoms with E-state index in [9.17, 15) is 4.79 Å². The fourth-order valence-electron chi connectivity index (χ4n) is 3.36. The predicted molar refractivity (Wildman–Crippen MR) is 96.2 cm³/mol. The van der Waals surface area contributed by atoms with Crippen LogP contribution in [0.15, 0.2) is 60.7 Å². The highest BCUT2D eigenvalue weighted by Crippen LogP contribution is 2.40. The lowest BCUT2D eigenvalue weighted by Crippen LogP contribution is -2.35. The largest absolute Gasteiger partial charge is 0.444 e. The lowest BCUT2D eigenvalue weighted by atomic mass is 9.84. The van der Waals surface area contributed by atoms with Gasteiger partial charge in [-0.2, -0.15) is 0 Å². The Labute approximate surface area is 144 Å². The minimum absolute atomic E-state index is 0.220. The van der Waals surface area contributed by atoms with Crippen LogP contribution in [-0.4, -0.2) is 29.7 Å². The molecule has 24 heavy (non-hydrogen) atoms. The molecule has 2 atom stereocenters. The molecule has 0 spiro atoms. The average Bonchev–Trinajstić information content (AvgIpc) is 3.00. The van der Waals surface area contributed by atoms with Crippen molar-refractivity contribution in [2.75, 3.05) is 13.1 Å². The number of hydrogen-bond donors (Lipinski definition) is 0. The van der Waals surface area contributed by atoms with Gasteiger partial charge in [-0.25, -0.2) is 4.79 Å². The van der Waals surface area contributed by atoms with Crippen molar-refractivity contribution in [2.24, 2.45) is 0 Å². The van der Waals surface area contributed by atoms with Crippen LogP contribution in [0.2, 0.25) is 0 Å². The molecule has 1 aliphatic rings. The van der Waals surface area contributed by atoms with Gasteiger partial charge in [0.15, 0.2) is 0 Å². The van der Waals surface area contributed by atoms with Crippen molar-refractivity contribution >= 4 is 6.09 Å². The number of hydrogen-bond acceptors (Lipinski definition) is 2. The van der Waals surface area contributed by atoms with E-state index in [4.69, 9.17) is 4.74 Å². The van der Waals surface area contributed by atoms with Crippen molar-refractivity contribution in [3.05, 3.63) is 71.8 Å². The first kappa shape index (κ1) is 16.6. The van der Waals surface area contributed by atoms with Crippen molar-refractivity contribution in [2.45, 2.75) is 38.2 Å². The Hall–Kier alpha value is -2.29. The summed E-state index contributed by atoms with van der Waals surface area (Å²) in [5.74, 6) is 0.585. The van der Waals surface area contributed by atoms with Gasteiger partial charge in [-0.15, -0.1) is 0 Å².